The Labute approximate surface area is 206 Å². The van der Waals surface area contributed by atoms with Gasteiger partial charge in [0.05, 0.1) is 13.2 Å². The van der Waals surface area contributed by atoms with E-state index in [0.717, 1.165) is 19.6 Å². The molecule has 0 saturated carbocycles. The number of carbonyl (C=O) groups excluding carboxylic acids is 3. The Balaban J connectivity index is 1.66. The van der Waals surface area contributed by atoms with E-state index in [4.69, 9.17) is 4.74 Å². The highest BCUT2D eigenvalue weighted by Crippen LogP contribution is 2.20. The molecule has 4 amide bonds. The Kier molecular flexibility index (Phi) is 9.25. The van der Waals surface area contributed by atoms with Crippen molar-refractivity contribution in [3.05, 3.63) is 65.7 Å². The number of piperazine rings is 1. The number of hydrazine groups is 1. The van der Waals surface area contributed by atoms with Crippen LogP contribution in [-0.4, -0.2) is 80.3 Å². The predicted molar refractivity (Wildman–Crippen MR) is 126 cm³/mol. The van der Waals surface area contributed by atoms with E-state index >= 15 is 0 Å². The van der Waals surface area contributed by atoms with Crippen molar-refractivity contribution >= 4 is 23.5 Å². The van der Waals surface area contributed by atoms with E-state index in [-0.39, 0.29) is 18.1 Å². The number of amides is 4. The quantitative estimate of drug-likeness (QED) is 0.562. The third-order valence-corrected chi connectivity index (χ3v) is 5.66. The van der Waals surface area contributed by atoms with Crippen molar-refractivity contribution in [3.63, 3.8) is 0 Å². The number of hydrogen-bond acceptors (Lipinski definition) is 5. The standard InChI is InChI=1S/C24H28F3N5O4/c1-36-16-15-30-11-13-31(14-12-30)23(35)32(20-5-3-2-4-6-20)17-18-7-9-19(10-8-18)21(33)28-29-22(34)24(25,26)27/h2-10H,11-17H2,1H3,(H,28,33)(H,29,34). The van der Waals surface area contributed by atoms with Crippen molar-refractivity contribution in [3.8, 4) is 0 Å². The summed E-state index contributed by atoms with van der Waals surface area (Å²) in [5.74, 6) is -3.18. The van der Waals surface area contributed by atoms with Gasteiger partial charge in [0, 0.05) is 51.1 Å². The van der Waals surface area contributed by atoms with E-state index < -0.39 is 18.0 Å². The Morgan fingerprint density at radius 3 is 2.17 bits per heavy atom. The zero-order chi connectivity index (χ0) is 26.1. The van der Waals surface area contributed by atoms with Gasteiger partial charge in [-0.1, -0.05) is 30.3 Å². The number of alkyl halides is 3. The molecule has 2 aromatic carbocycles. The van der Waals surface area contributed by atoms with Crippen LogP contribution in [0.1, 0.15) is 15.9 Å². The van der Waals surface area contributed by atoms with Gasteiger partial charge in [0.25, 0.3) is 5.91 Å². The molecule has 0 atom stereocenters. The topological polar surface area (TPSA) is 94.2 Å². The Hall–Kier alpha value is -3.64. The second kappa shape index (κ2) is 12.4. The van der Waals surface area contributed by atoms with Gasteiger partial charge in [-0.2, -0.15) is 13.2 Å². The Morgan fingerprint density at radius 1 is 0.944 bits per heavy atom. The van der Waals surface area contributed by atoms with Gasteiger partial charge in [0.15, 0.2) is 0 Å². The molecule has 0 unspecified atom stereocenters. The van der Waals surface area contributed by atoms with Crippen molar-refractivity contribution in [2.45, 2.75) is 12.7 Å². The molecule has 2 aromatic rings. The lowest BCUT2D eigenvalue weighted by molar-refractivity contribution is -0.174. The number of urea groups is 1. The van der Waals surface area contributed by atoms with Crippen LogP contribution >= 0.6 is 0 Å². The molecule has 0 bridgehead atoms. The summed E-state index contributed by atoms with van der Waals surface area (Å²) in [4.78, 5) is 42.0. The van der Waals surface area contributed by atoms with Gasteiger partial charge in [0.1, 0.15) is 0 Å². The van der Waals surface area contributed by atoms with E-state index in [1.165, 1.54) is 17.6 Å². The second-order valence-corrected chi connectivity index (χ2v) is 8.13. The maximum absolute atomic E-state index is 13.4. The van der Waals surface area contributed by atoms with Gasteiger partial charge in [-0.05, 0) is 29.8 Å². The van der Waals surface area contributed by atoms with Crippen molar-refractivity contribution in [2.75, 3.05) is 51.3 Å². The average Bonchev–Trinajstić information content (AvgIpc) is 2.89. The van der Waals surface area contributed by atoms with Crippen molar-refractivity contribution < 1.29 is 32.3 Å². The SMILES string of the molecule is COCCN1CCN(C(=O)N(Cc2ccc(C(=O)NNC(=O)C(F)(F)F)cc2)c2ccccc2)CC1. The number of hydrogen-bond donors (Lipinski definition) is 2. The van der Waals surface area contributed by atoms with E-state index in [1.807, 2.05) is 30.3 Å². The third-order valence-electron chi connectivity index (χ3n) is 5.66. The lowest BCUT2D eigenvalue weighted by Crippen LogP contribution is -2.53. The smallest absolute Gasteiger partial charge is 0.383 e. The summed E-state index contributed by atoms with van der Waals surface area (Å²) < 4.78 is 42.0. The summed E-state index contributed by atoms with van der Waals surface area (Å²) in [6.07, 6.45) is -5.11. The molecule has 9 nitrogen and oxygen atoms in total. The number of benzene rings is 2. The molecule has 1 saturated heterocycles. The number of rotatable bonds is 7. The van der Waals surface area contributed by atoms with Crippen LogP contribution in [0.3, 0.4) is 0 Å². The fraction of sp³-hybridized carbons (Fsp3) is 0.375. The van der Waals surface area contributed by atoms with Gasteiger partial charge < -0.3 is 9.64 Å². The second-order valence-electron chi connectivity index (χ2n) is 8.13. The molecular formula is C24H28F3N5O4. The van der Waals surface area contributed by atoms with Crippen LogP contribution in [0.5, 0.6) is 0 Å². The van der Waals surface area contributed by atoms with Crippen LogP contribution in [-0.2, 0) is 16.1 Å². The summed E-state index contributed by atoms with van der Waals surface area (Å²) in [7, 11) is 1.65. The molecule has 194 valence electrons. The van der Waals surface area contributed by atoms with Crippen molar-refractivity contribution in [1.29, 1.82) is 0 Å². The summed E-state index contributed by atoms with van der Waals surface area (Å²) in [5.41, 5.74) is 4.52. The minimum atomic E-state index is -5.11. The average molecular weight is 508 g/mol. The van der Waals surface area contributed by atoms with Crippen LogP contribution in [0.25, 0.3) is 0 Å². The molecular weight excluding hydrogens is 479 g/mol. The first-order chi connectivity index (χ1) is 17.2. The Morgan fingerprint density at radius 2 is 1.58 bits per heavy atom. The molecule has 0 spiro atoms. The minimum absolute atomic E-state index is 0.0472. The first-order valence-electron chi connectivity index (χ1n) is 11.3. The molecule has 3 rings (SSSR count). The van der Waals surface area contributed by atoms with E-state index in [0.29, 0.717) is 30.9 Å². The number of nitrogens with zero attached hydrogens (tertiary/aromatic N) is 3. The van der Waals surface area contributed by atoms with Crippen LogP contribution in [0, 0.1) is 0 Å². The van der Waals surface area contributed by atoms with Crippen molar-refractivity contribution in [2.24, 2.45) is 0 Å². The predicted octanol–water partition coefficient (Wildman–Crippen LogP) is 2.40. The number of nitrogens with one attached hydrogen (secondary N) is 2. The number of methoxy groups -OCH3 is 1. The molecule has 2 N–H and O–H groups in total. The largest absolute Gasteiger partial charge is 0.472 e. The van der Waals surface area contributed by atoms with Gasteiger partial charge in [-0.3, -0.25) is 30.2 Å². The molecule has 0 aromatic heterocycles. The normalized spacial score (nSPS) is 14.3. The van der Waals surface area contributed by atoms with Gasteiger partial charge in [0.2, 0.25) is 0 Å². The number of halogens is 3. The molecule has 12 heteroatoms. The van der Waals surface area contributed by atoms with E-state index in [9.17, 15) is 27.6 Å². The Bertz CT molecular complexity index is 1030. The third kappa shape index (κ3) is 7.43. The van der Waals surface area contributed by atoms with Crippen LogP contribution in [0.2, 0.25) is 0 Å². The number of para-hydroxylation sites is 1. The summed E-state index contributed by atoms with van der Waals surface area (Å²) in [5, 5.41) is 0. The summed E-state index contributed by atoms with van der Waals surface area (Å²) in [6, 6.07) is 15.1. The number of anilines is 1. The van der Waals surface area contributed by atoms with Crippen LogP contribution in [0.4, 0.5) is 23.7 Å². The fourth-order valence-electron chi connectivity index (χ4n) is 3.63. The zero-order valence-electron chi connectivity index (χ0n) is 19.8. The highest BCUT2D eigenvalue weighted by molar-refractivity contribution is 5.96. The molecule has 1 fully saturated rings. The lowest BCUT2D eigenvalue weighted by atomic mass is 10.1. The van der Waals surface area contributed by atoms with Crippen LogP contribution in [0.15, 0.2) is 54.6 Å². The summed E-state index contributed by atoms with van der Waals surface area (Å²) >= 11 is 0. The number of carbonyl (C=O) groups is 3. The first-order valence-corrected chi connectivity index (χ1v) is 11.3. The fourth-order valence-corrected chi connectivity index (χ4v) is 3.63. The van der Waals surface area contributed by atoms with Gasteiger partial charge in [-0.15, -0.1) is 0 Å². The molecule has 0 aliphatic carbocycles. The molecule has 1 aliphatic rings. The van der Waals surface area contributed by atoms with E-state index in [2.05, 4.69) is 4.90 Å². The molecule has 0 radical (unpaired) electrons. The molecule has 1 aliphatic heterocycles. The molecule has 1 heterocycles. The first kappa shape index (κ1) is 27.0. The van der Waals surface area contributed by atoms with Crippen molar-refractivity contribution in [1.82, 2.24) is 20.7 Å². The highest BCUT2D eigenvalue weighted by Gasteiger charge is 2.39. The highest BCUT2D eigenvalue weighted by atomic mass is 19.4. The lowest BCUT2D eigenvalue weighted by Gasteiger charge is -2.37. The van der Waals surface area contributed by atoms with Crippen LogP contribution < -0.4 is 15.8 Å². The minimum Gasteiger partial charge on any atom is -0.383 e. The van der Waals surface area contributed by atoms with Gasteiger partial charge in [-0.25, -0.2) is 4.79 Å². The monoisotopic (exact) mass is 507 g/mol. The zero-order valence-corrected chi connectivity index (χ0v) is 19.8. The van der Waals surface area contributed by atoms with Gasteiger partial charge >= 0.3 is 18.1 Å². The summed E-state index contributed by atoms with van der Waals surface area (Å²) in [6.45, 7) is 4.30. The van der Waals surface area contributed by atoms with E-state index in [1.54, 1.807) is 34.5 Å². The maximum Gasteiger partial charge on any atom is 0.472 e. The molecule has 36 heavy (non-hydrogen) atoms. The maximum atomic E-state index is 13.4. The number of ether oxygens (including phenoxy) is 1.